The molecule has 0 saturated carbocycles. The molecular weight excluding hydrogens is 581 g/mol. The van der Waals surface area contributed by atoms with Gasteiger partial charge in [-0.25, -0.2) is 0 Å². The fourth-order valence-corrected chi connectivity index (χ4v) is 4.56. The van der Waals surface area contributed by atoms with Gasteiger partial charge in [0.1, 0.15) is 0 Å². The number of pyridine rings is 3. The van der Waals surface area contributed by atoms with Crippen LogP contribution in [-0.2, 0) is 10.1 Å². The molecule has 0 aliphatic heterocycles. The Balaban J connectivity index is 0.000000352. The van der Waals surface area contributed by atoms with Gasteiger partial charge in [-0.2, -0.15) is 0 Å². The van der Waals surface area contributed by atoms with E-state index in [1.807, 2.05) is 36.4 Å². The molecule has 4 aromatic rings. The summed E-state index contributed by atoms with van der Waals surface area (Å²) in [4.78, 5) is 36.9. The molecule has 4 rings (SSSR count). The number of ketones is 2. The molecule has 3 aromatic heterocycles. The number of Topliss-reactive ketones (excluding diaryl/α,β-unsaturated/α-hetero) is 2. The lowest BCUT2D eigenvalue weighted by molar-refractivity contribution is -0.115. The Hall–Kier alpha value is -3.79. The van der Waals surface area contributed by atoms with Gasteiger partial charge in [0.2, 0.25) is 0 Å². The number of carbonyl (C=O) groups is 2. The number of hydrogen-bond acceptors (Lipinski definition) is 7. The third-order valence-electron chi connectivity index (χ3n) is 6.39. The molecule has 210 valence electrons. The lowest BCUT2D eigenvalue weighted by atomic mass is 9.77. The maximum atomic E-state index is 12.6. The summed E-state index contributed by atoms with van der Waals surface area (Å²) in [5.74, 6) is 0.160. The highest BCUT2D eigenvalue weighted by atomic mass is 79.9. The van der Waals surface area contributed by atoms with Crippen LogP contribution in [0.3, 0.4) is 0 Å². The summed E-state index contributed by atoms with van der Waals surface area (Å²) < 4.78 is 0. The fourth-order valence-electron chi connectivity index (χ4n) is 4.05. The van der Waals surface area contributed by atoms with Crippen LogP contribution in [0.1, 0.15) is 54.9 Å². The van der Waals surface area contributed by atoms with Crippen LogP contribution in [0, 0.1) is 0 Å². The first-order chi connectivity index (χ1) is 19.8. The Bertz CT molecular complexity index is 1460. The van der Waals surface area contributed by atoms with E-state index >= 15 is 0 Å². The quantitative estimate of drug-likeness (QED) is 0.0688. The first-order valence-corrected chi connectivity index (χ1v) is 14.4. The molecule has 0 atom stereocenters. The highest BCUT2D eigenvalue weighted by Crippen LogP contribution is 2.25. The molecule has 1 aromatic carbocycles. The van der Waals surface area contributed by atoms with Crippen molar-refractivity contribution in [3.8, 4) is 22.3 Å². The Morgan fingerprint density at radius 3 is 2.07 bits per heavy atom. The van der Waals surface area contributed by atoms with Gasteiger partial charge in [-0.05, 0) is 54.6 Å². The maximum absolute atomic E-state index is 12.6. The van der Waals surface area contributed by atoms with Crippen molar-refractivity contribution in [2.75, 3.05) is 0 Å². The topological polar surface area (TPSA) is 113 Å². The molecule has 0 fully saturated rings. The van der Waals surface area contributed by atoms with Gasteiger partial charge in [-0.3, -0.25) is 24.5 Å². The van der Waals surface area contributed by atoms with E-state index in [2.05, 4.69) is 37.5 Å². The van der Waals surface area contributed by atoms with E-state index in [1.54, 1.807) is 56.2 Å². The Morgan fingerprint density at radius 1 is 0.805 bits per heavy atom. The number of benzene rings is 1. The summed E-state index contributed by atoms with van der Waals surface area (Å²) >= 11 is 3.25. The average molecular weight is 614 g/mol. The molecule has 0 aliphatic carbocycles. The number of alkyl halides is 1. The van der Waals surface area contributed by atoms with Crippen molar-refractivity contribution >= 4 is 40.1 Å². The van der Waals surface area contributed by atoms with Gasteiger partial charge in [0.15, 0.2) is 11.6 Å². The van der Waals surface area contributed by atoms with E-state index in [0.717, 1.165) is 47.1 Å². The number of unbranched alkanes of at least 4 members (excludes halogenated alkanes) is 2. The summed E-state index contributed by atoms with van der Waals surface area (Å²) in [5, 5.41) is 18.4. The second-order valence-electron chi connectivity index (χ2n) is 9.56. The van der Waals surface area contributed by atoms with Crippen molar-refractivity contribution in [3.05, 3.63) is 109 Å². The summed E-state index contributed by atoms with van der Waals surface area (Å²) in [7, 11) is -1.37. The molecule has 0 spiro atoms. The minimum Gasteiger partial charge on any atom is -0.423 e. The number of nitrogens with zero attached hydrogens (tertiary/aromatic N) is 3. The fraction of sp³-hybridized carbons (Fsp3) is 0.219. The smallest absolute Gasteiger partial charge is 0.423 e. The van der Waals surface area contributed by atoms with Crippen molar-refractivity contribution in [1.29, 1.82) is 0 Å². The summed E-state index contributed by atoms with van der Waals surface area (Å²) in [5.41, 5.74) is 6.35. The highest BCUT2D eigenvalue weighted by Gasteiger charge is 2.13. The zero-order valence-electron chi connectivity index (χ0n) is 23.0. The minimum absolute atomic E-state index is 0.0620. The van der Waals surface area contributed by atoms with Crippen LogP contribution in [0.5, 0.6) is 0 Å². The molecule has 0 unspecified atom stereocenters. The predicted octanol–water partition coefficient (Wildman–Crippen LogP) is 5.75. The van der Waals surface area contributed by atoms with Gasteiger partial charge in [0, 0.05) is 83.2 Å². The van der Waals surface area contributed by atoms with Gasteiger partial charge in [-0.1, -0.05) is 59.3 Å². The van der Waals surface area contributed by atoms with E-state index in [1.165, 1.54) is 0 Å². The van der Waals surface area contributed by atoms with Gasteiger partial charge >= 0.3 is 7.12 Å². The molecular formula is C32H33BBrN3O4. The second kappa shape index (κ2) is 16.5. The Morgan fingerprint density at radius 2 is 1.44 bits per heavy atom. The van der Waals surface area contributed by atoms with Crippen molar-refractivity contribution in [3.63, 3.8) is 0 Å². The second-order valence-corrected chi connectivity index (χ2v) is 10.1. The number of allylic oxidation sites excluding steroid dienone is 1. The van der Waals surface area contributed by atoms with Crippen molar-refractivity contribution in [2.45, 2.75) is 44.4 Å². The zero-order valence-corrected chi connectivity index (χ0v) is 24.6. The monoisotopic (exact) mass is 613 g/mol. The lowest BCUT2D eigenvalue weighted by Gasteiger charge is -2.07. The molecule has 0 bridgehead atoms. The molecule has 9 heteroatoms. The molecule has 0 aliphatic rings. The average Bonchev–Trinajstić information content (AvgIpc) is 3.01. The summed E-state index contributed by atoms with van der Waals surface area (Å²) in [6.45, 7) is 5.39. The summed E-state index contributed by atoms with van der Waals surface area (Å²) in [6.07, 6.45) is 13.8. The minimum atomic E-state index is -1.37. The lowest BCUT2D eigenvalue weighted by Crippen LogP contribution is -2.32. The third kappa shape index (κ3) is 9.97. The molecule has 7 nitrogen and oxygen atoms in total. The van der Waals surface area contributed by atoms with E-state index in [0.29, 0.717) is 34.8 Å². The van der Waals surface area contributed by atoms with E-state index in [4.69, 9.17) is 10.0 Å². The predicted molar refractivity (Wildman–Crippen MR) is 167 cm³/mol. The summed E-state index contributed by atoms with van der Waals surface area (Å²) in [6, 6.07) is 14.9. The SMILES string of the molecule is C=C(C)C(=O)CCCCCC(=O)c1cncc(-c2cncc(-c3cccnc3)c2)c1.OB(O)c1ccccc1CBr. The van der Waals surface area contributed by atoms with Crippen LogP contribution in [0.25, 0.3) is 22.3 Å². The van der Waals surface area contributed by atoms with Gasteiger partial charge in [0.25, 0.3) is 0 Å². The Kier molecular flexibility index (Phi) is 12.8. The number of rotatable bonds is 12. The van der Waals surface area contributed by atoms with E-state index < -0.39 is 7.12 Å². The molecule has 0 saturated heterocycles. The van der Waals surface area contributed by atoms with E-state index in [-0.39, 0.29) is 11.6 Å². The zero-order chi connectivity index (χ0) is 29.6. The number of hydrogen-bond donors (Lipinski definition) is 2. The normalized spacial score (nSPS) is 10.3. The molecule has 0 radical (unpaired) electrons. The Labute approximate surface area is 249 Å². The third-order valence-corrected chi connectivity index (χ3v) is 6.99. The van der Waals surface area contributed by atoms with Crippen molar-refractivity contribution < 1.29 is 19.6 Å². The standard InChI is InChI=1S/C25H25N3O2.C7H8BBrO2/c1-18(2)24(29)8-4-3-5-9-25(30)23-12-22(16-28-17-23)21-11-20(14-27-15-21)19-7-6-10-26-13-19;9-5-6-3-1-2-4-7(6)8(10)11/h6-7,10-17H,1,3-5,8-9H2,2H3;1-4,10-11H,5H2. The molecule has 0 amide bonds. The van der Waals surface area contributed by atoms with Gasteiger partial charge < -0.3 is 10.0 Å². The largest absolute Gasteiger partial charge is 0.488 e. The van der Waals surface area contributed by atoms with Gasteiger partial charge in [0.05, 0.1) is 0 Å². The highest BCUT2D eigenvalue weighted by molar-refractivity contribution is 9.08. The molecule has 3 heterocycles. The first kappa shape index (κ1) is 31.7. The first-order valence-electron chi connectivity index (χ1n) is 13.3. The van der Waals surface area contributed by atoms with Crippen LogP contribution in [0.4, 0.5) is 0 Å². The van der Waals surface area contributed by atoms with Crippen LogP contribution in [0.2, 0.25) is 0 Å². The van der Waals surface area contributed by atoms with Gasteiger partial charge in [-0.15, -0.1) is 0 Å². The number of halogens is 1. The maximum Gasteiger partial charge on any atom is 0.488 e. The molecule has 2 N–H and O–H groups in total. The number of aromatic nitrogens is 3. The van der Waals surface area contributed by atoms with Crippen molar-refractivity contribution in [1.82, 2.24) is 15.0 Å². The van der Waals surface area contributed by atoms with Crippen molar-refractivity contribution in [2.24, 2.45) is 0 Å². The number of carbonyl (C=O) groups excluding carboxylic acids is 2. The van der Waals surface area contributed by atoms with Crippen LogP contribution < -0.4 is 5.46 Å². The van der Waals surface area contributed by atoms with Crippen LogP contribution >= 0.6 is 15.9 Å². The van der Waals surface area contributed by atoms with Crippen LogP contribution in [-0.4, -0.2) is 43.7 Å². The molecule has 41 heavy (non-hydrogen) atoms. The van der Waals surface area contributed by atoms with E-state index in [9.17, 15) is 9.59 Å². The van der Waals surface area contributed by atoms with Crippen LogP contribution in [0.15, 0.2) is 97.9 Å².